The summed E-state index contributed by atoms with van der Waals surface area (Å²) < 4.78 is 0. The van der Waals surface area contributed by atoms with Crippen molar-refractivity contribution in [3.05, 3.63) is 0 Å². The summed E-state index contributed by atoms with van der Waals surface area (Å²) in [5.41, 5.74) is 0. The highest BCUT2D eigenvalue weighted by atomic mass is 16.1. The fourth-order valence-electron chi connectivity index (χ4n) is 2.59. The van der Waals surface area contributed by atoms with E-state index in [-0.39, 0.29) is 11.8 Å². The molecular weight excluding hydrogens is 226 g/mol. The topological polar surface area (TPSA) is 64.9 Å². The number of nitrogens with zero attached hydrogens (tertiary/aromatic N) is 1. The molecule has 1 amide bonds. The Hall–Kier alpha value is -1.08. The summed E-state index contributed by atoms with van der Waals surface area (Å²) in [6.07, 6.45) is 8.30. The first-order valence-electron chi connectivity index (χ1n) is 7.22. The van der Waals surface area contributed by atoms with Gasteiger partial charge >= 0.3 is 0 Å². The molecule has 4 heteroatoms. The Balaban J connectivity index is 1.56. The number of carbonyl (C=O) groups is 1. The van der Waals surface area contributed by atoms with E-state index in [1.54, 1.807) is 0 Å². The van der Waals surface area contributed by atoms with Crippen molar-refractivity contribution < 1.29 is 4.79 Å². The molecule has 0 saturated heterocycles. The van der Waals surface area contributed by atoms with Gasteiger partial charge < -0.3 is 10.6 Å². The Bertz CT molecular complexity index is 319. The van der Waals surface area contributed by atoms with Crippen molar-refractivity contribution in [1.29, 1.82) is 5.26 Å². The van der Waals surface area contributed by atoms with E-state index in [0.717, 1.165) is 38.6 Å². The van der Waals surface area contributed by atoms with Crippen molar-refractivity contribution >= 4 is 5.91 Å². The number of hydrogen-bond donors (Lipinski definition) is 2. The first kappa shape index (κ1) is 13.4. The lowest BCUT2D eigenvalue weighted by Gasteiger charge is -2.27. The number of nitrogens with one attached hydrogen (secondary N) is 2. The van der Waals surface area contributed by atoms with Gasteiger partial charge in [0.25, 0.3) is 0 Å². The van der Waals surface area contributed by atoms with Crippen LogP contribution in [0.2, 0.25) is 0 Å². The summed E-state index contributed by atoms with van der Waals surface area (Å²) in [5.74, 6) is 0.346. The molecule has 2 aliphatic carbocycles. The molecule has 4 nitrogen and oxygen atoms in total. The van der Waals surface area contributed by atoms with Crippen LogP contribution in [0.1, 0.15) is 51.4 Å². The maximum Gasteiger partial charge on any atom is 0.220 e. The summed E-state index contributed by atoms with van der Waals surface area (Å²) in [5, 5.41) is 15.5. The Morgan fingerprint density at radius 2 is 2.00 bits per heavy atom. The summed E-state index contributed by atoms with van der Waals surface area (Å²) in [7, 11) is 0. The van der Waals surface area contributed by atoms with Gasteiger partial charge in [0, 0.05) is 18.5 Å². The van der Waals surface area contributed by atoms with Gasteiger partial charge in [-0.1, -0.05) is 12.8 Å². The Labute approximate surface area is 109 Å². The van der Waals surface area contributed by atoms with Crippen LogP contribution in [0.3, 0.4) is 0 Å². The molecule has 0 radical (unpaired) electrons. The fraction of sp³-hybridized carbons (Fsp3) is 0.857. The molecule has 2 rings (SSSR count). The number of carbonyl (C=O) groups excluding carboxylic acids is 1. The van der Waals surface area contributed by atoms with Gasteiger partial charge in [0.15, 0.2) is 0 Å². The van der Waals surface area contributed by atoms with Crippen molar-refractivity contribution in [2.75, 3.05) is 6.54 Å². The zero-order valence-corrected chi connectivity index (χ0v) is 11.0. The smallest absolute Gasteiger partial charge is 0.220 e. The van der Waals surface area contributed by atoms with Crippen LogP contribution < -0.4 is 10.6 Å². The van der Waals surface area contributed by atoms with Crippen molar-refractivity contribution in [3.8, 4) is 6.07 Å². The van der Waals surface area contributed by atoms with Crippen LogP contribution in [-0.2, 0) is 4.79 Å². The van der Waals surface area contributed by atoms with Gasteiger partial charge in [-0.05, 0) is 38.6 Å². The maximum absolute atomic E-state index is 11.5. The van der Waals surface area contributed by atoms with Crippen molar-refractivity contribution in [2.24, 2.45) is 5.92 Å². The molecule has 0 heterocycles. The minimum atomic E-state index is 0.166. The largest absolute Gasteiger partial charge is 0.353 e. The highest BCUT2D eigenvalue weighted by Crippen LogP contribution is 2.23. The maximum atomic E-state index is 11.5. The second-order valence-corrected chi connectivity index (χ2v) is 5.53. The predicted octanol–water partition coefficient (Wildman–Crippen LogP) is 1.72. The van der Waals surface area contributed by atoms with Gasteiger partial charge in [0.05, 0.1) is 12.0 Å². The van der Waals surface area contributed by atoms with E-state index in [9.17, 15) is 4.79 Å². The van der Waals surface area contributed by atoms with Crippen molar-refractivity contribution in [3.63, 3.8) is 0 Å². The van der Waals surface area contributed by atoms with E-state index >= 15 is 0 Å². The lowest BCUT2D eigenvalue weighted by molar-refractivity contribution is -0.121. The number of rotatable bonds is 6. The van der Waals surface area contributed by atoms with Gasteiger partial charge in [-0.25, -0.2) is 0 Å². The van der Waals surface area contributed by atoms with Crippen LogP contribution in [-0.4, -0.2) is 24.5 Å². The zero-order valence-electron chi connectivity index (χ0n) is 11.0. The fourth-order valence-corrected chi connectivity index (χ4v) is 2.59. The zero-order chi connectivity index (χ0) is 12.8. The molecule has 0 aromatic carbocycles. The minimum Gasteiger partial charge on any atom is -0.353 e. The van der Waals surface area contributed by atoms with Gasteiger partial charge in [0.1, 0.15) is 0 Å². The van der Waals surface area contributed by atoms with E-state index in [1.165, 1.54) is 12.8 Å². The third-order valence-electron chi connectivity index (χ3n) is 3.86. The minimum absolute atomic E-state index is 0.166. The van der Waals surface area contributed by atoms with Crippen LogP contribution in [0.5, 0.6) is 0 Å². The summed E-state index contributed by atoms with van der Waals surface area (Å²) in [4.78, 5) is 11.5. The van der Waals surface area contributed by atoms with E-state index in [1.807, 2.05) is 0 Å². The van der Waals surface area contributed by atoms with Crippen molar-refractivity contribution in [2.45, 2.75) is 63.5 Å². The van der Waals surface area contributed by atoms with Gasteiger partial charge in [-0.3, -0.25) is 4.79 Å². The van der Waals surface area contributed by atoms with Crippen LogP contribution in [0.4, 0.5) is 0 Å². The molecule has 0 aromatic heterocycles. The monoisotopic (exact) mass is 249 g/mol. The number of nitriles is 1. The van der Waals surface area contributed by atoms with E-state index in [4.69, 9.17) is 5.26 Å². The molecule has 0 aromatic rings. The molecule has 2 aliphatic rings. The number of amides is 1. The Kier molecular flexibility index (Phi) is 5.00. The molecule has 100 valence electrons. The summed E-state index contributed by atoms with van der Waals surface area (Å²) >= 11 is 0. The first-order chi connectivity index (χ1) is 8.79. The van der Waals surface area contributed by atoms with E-state index in [2.05, 4.69) is 16.7 Å². The standard InChI is InChI=1S/C14H23N3O/c15-10-11-4-1-2-5-13(11)16-9-3-6-14(18)17-12-7-8-12/h11-13,16H,1-9H2,(H,17,18). The third kappa shape index (κ3) is 4.30. The quantitative estimate of drug-likeness (QED) is 0.704. The van der Waals surface area contributed by atoms with Gasteiger partial charge in [0.2, 0.25) is 5.91 Å². The second kappa shape index (κ2) is 6.75. The molecule has 2 atom stereocenters. The average molecular weight is 249 g/mol. The average Bonchev–Trinajstić information content (AvgIpc) is 3.19. The molecule has 2 N–H and O–H groups in total. The van der Waals surface area contributed by atoms with E-state index in [0.29, 0.717) is 18.5 Å². The van der Waals surface area contributed by atoms with E-state index < -0.39 is 0 Å². The SMILES string of the molecule is N#CC1CCCCC1NCCCC(=O)NC1CC1. The Morgan fingerprint density at radius 3 is 2.72 bits per heavy atom. The molecule has 2 saturated carbocycles. The highest BCUT2D eigenvalue weighted by molar-refractivity contribution is 5.76. The first-order valence-corrected chi connectivity index (χ1v) is 7.22. The third-order valence-corrected chi connectivity index (χ3v) is 3.86. The van der Waals surface area contributed by atoms with Crippen LogP contribution >= 0.6 is 0 Å². The molecule has 0 spiro atoms. The van der Waals surface area contributed by atoms with Gasteiger partial charge in [-0.2, -0.15) is 5.26 Å². The molecule has 2 unspecified atom stereocenters. The predicted molar refractivity (Wildman–Crippen MR) is 69.8 cm³/mol. The normalized spacial score (nSPS) is 27.5. The molecule has 18 heavy (non-hydrogen) atoms. The molecule has 2 fully saturated rings. The summed E-state index contributed by atoms with van der Waals surface area (Å²) in [6, 6.07) is 3.20. The summed E-state index contributed by atoms with van der Waals surface area (Å²) in [6.45, 7) is 0.848. The lowest BCUT2D eigenvalue weighted by Crippen LogP contribution is -2.38. The van der Waals surface area contributed by atoms with Gasteiger partial charge in [-0.15, -0.1) is 0 Å². The van der Waals surface area contributed by atoms with Crippen LogP contribution in [0.25, 0.3) is 0 Å². The second-order valence-electron chi connectivity index (χ2n) is 5.53. The van der Waals surface area contributed by atoms with Crippen molar-refractivity contribution in [1.82, 2.24) is 10.6 Å². The molecule has 0 aliphatic heterocycles. The molecule has 0 bridgehead atoms. The molecular formula is C14H23N3O. The van der Waals surface area contributed by atoms with Crippen LogP contribution in [0, 0.1) is 17.2 Å². The number of hydrogen-bond acceptors (Lipinski definition) is 3. The lowest BCUT2D eigenvalue weighted by atomic mass is 9.85. The highest BCUT2D eigenvalue weighted by Gasteiger charge is 2.24. The van der Waals surface area contributed by atoms with Crippen LogP contribution in [0.15, 0.2) is 0 Å². The Morgan fingerprint density at radius 1 is 1.22 bits per heavy atom.